The number of nitrogens with zero attached hydrogens (tertiary/aromatic N) is 1. The number of rotatable bonds is 9. The van der Waals surface area contributed by atoms with Crippen molar-refractivity contribution >= 4 is 50.9 Å². The quantitative estimate of drug-likeness (QED) is 0.233. The predicted molar refractivity (Wildman–Crippen MR) is 190 cm³/mol. The van der Waals surface area contributed by atoms with Gasteiger partial charge >= 0.3 is 6.09 Å². The molecule has 0 unspecified atom stereocenters. The minimum Gasteiger partial charge on any atom is -0.477 e. The second-order valence-corrected chi connectivity index (χ2v) is 15.8. The van der Waals surface area contributed by atoms with E-state index >= 15 is 4.39 Å². The molecule has 2 aliphatic heterocycles. The number of hydrogen-bond acceptors (Lipinski definition) is 7. The fourth-order valence-electron chi connectivity index (χ4n) is 7.40. The van der Waals surface area contributed by atoms with Crippen LogP contribution in [-0.4, -0.2) is 51.5 Å². The molecule has 49 heavy (non-hydrogen) atoms. The lowest BCUT2D eigenvalue weighted by Gasteiger charge is -2.49. The van der Waals surface area contributed by atoms with Crippen LogP contribution in [0.25, 0.3) is 0 Å². The minimum atomic E-state index is -3.88. The number of fused-ring (bicyclic) bond motifs is 2. The van der Waals surface area contributed by atoms with E-state index in [1.165, 1.54) is 12.1 Å². The summed E-state index contributed by atoms with van der Waals surface area (Å²) in [6, 6.07) is 14.7. The number of carbonyl (C=O) groups is 2. The number of piperidine rings is 1. The number of amides is 2. The van der Waals surface area contributed by atoms with Gasteiger partial charge in [-0.1, -0.05) is 49.2 Å². The molecule has 2 amide bonds. The summed E-state index contributed by atoms with van der Waals surface area (Å²) in [7, 11) is -3.88. The van der Waals surface area contributed by atoms with Crippen molar-refractivity contribution in [3.05, 3.63) is 92.7 Å². The number of benzene rings is 3. The molecular formula is C36H42Cl2FN3O6S. The zero-order valence-electron chi connectivity index (χ0n) is 28.4. The van der Waals surface area contributed by atoms with Crippen LogP contribution in [0.15, 0.2) is 54.6 Å². The molecule has 3 atom stereocenters. The molecule has 3 aromatic carbocycles. The first-order chi connectivity index (χ1) is 23.0. The number of sulfonamides is 1. The molecule has 0 saturated carbocycles. The normalized spacial score (nSPS) is 20.7. The Kier molecular flexibility index (Phi) is 10.6. The molecule has 3 aromatic rings. The van der Waals surface area contributed by atoms with Crippen LogP contribution < -0.4 is 19.7 Å². The molecule has 0 aliphatic carbocycles. The first-order valence-corrected chi connectivity index (χ1v) is 19.0. The average Bonchev–Trinajstić information content (AvgIpc) is 3.35. The Labute approximate surface area is 297 Å². The zero-order valence-corrected chi connectivity index (χ0v) is 30.7. The van der Waals surface area contributed by atoms with E-state index in [0.29, 0.717) is 40.0 Å². The van der Waals surface area contributed by atoms with Crippen LogP contribution in [0.2, 0.25) is 10.0 Å². The summed E-state index contributed by atoms with van der Waals surface area (Å²) in [6.07, 6.45) is 0.858. The van der Waals surface area contributed by atoms with E-state index in [1.807, 2.05) is 13.0 Å². The number of halogens is 3. The first-order valence-electron chi connectivity index (χ1n) is 16.3. The molecular weight excluding hydrogens is 692 g/mol. The Hall–Kier alpha value is -3.38. The third-order valence-electron chi connectivity index (χ3n) is 9.69. The summed E-state index contributed by atoms with van der Waals surface area (Å²) in [5.41, 5.74) is 1.11. The maximum Gasteiger partial charge on any atom is 0.414 e. The van der Waals surface area contributed by atoms with Gasteiger partial charge in [0.1, 0.15) is 11.6 Å². The Morgan fingerprint density at radius 1 is 1.06 bits per heavy atom. The summed E-state index contributed by atoms with van der Waals surface area (Å²) in [5, 5.41) is 4.50. The topological polar surface area (TPSA) is 114 Å². The highest BCUT2D eigenvalue weighted by Gasteiger charge is 2.58. The van der Waals surface area contributed by atoms with Gasteiger partial charge in [-0.25, -0.2) is 22.3 Å². The van der Waals surface area contributed by atoms with Gasteiger partial charge < -0.3 is 14.8 Å². The Bertz CT molecular complexity index is 1870. The fourth-order valence-corrected chi connectivity index (χ4v) is 8.27. The Balaban J connectivity index is 1.77. The largest absolute Gasteiger partial charge is 0.477 e. The number of ether oxygens (including phenoxy) is 2. The molecule has 1 fully saturated rings. The zero-order chi connectivity index (χ0) is 35.9. The van der Waals surface area contributed by atoms with Crippen molar-refractivity contribution in [3.8, 4) is 5.75 Å². The summed E-state index contributed by atoms with van der Waals surface area (Å²) < 4.78 is 53.7. The SMILES string of the molecule is CCC(CC)(Oc1ccc(Cl)cc1[C@@H]1CCN[C@@H](c2cc(F)ccc2C)[C@@]12CN(C(=O)OC(C)C)c1cc(Cl)ccc12)C(=O)NS(C)(=O)=O. The van der Waals surface area contributed by atoms with Crippen LogP contribution >= 0.6 is 23.2 Å². The van der Waals surface area contributed by atoms with E-state index < -0.39 is 56.9 Å². The molecule has 0 bridgehead atoms. The van der Waals surface area contributed by atoms with Crippen LogP contribution in [-0.2, 0) is 25.0 Å². The van der Waals surface area contributed by atoms with E-state index in [-0.39, 0.29) is 19.4 Å². The number of nitrogens with one attached hydrogen (secondary N) is 2. The molecule has 9 nitrogen and oxygen atoms in total. The number of anilines is 1. The van der Waals surface area contributed by atoms with Gasteiger partial charge in [-0.05, 0) is 111 Å². The summed E-state index contributed by atoms with van der Waals surface area (Å²) in [4.78, 5) is 28.9. The molecule has 264 valence electrons. The number of carbonyl (C=O) groups excluding carboxylic acids is 2. The van der Waals surface area contributed by atoms with Gasteiger partial charge in [-0.15, -0.1) is 0 Å². The highest BCUT2D eigenvalue weighted by atomic mass is 35.5. The molecule has 2 aliphatic rings. The van der Waals surface area contributed by atoms with Crippen molar-refractivity contribution in [2.75, 3.05) is 24.2 Å². The summed E-state index contributed by atoms with van der Waals surface area (Å²) in [6.45, 7) is 9.63. The standard InChI is InChI=1S/C36H42Cl2FN3O6S/c1-7-35(8-2,33(43)41-49(6,45)46)48-31-14-11-23(37)17-27(31)28-15-16-40-32(26-19-25(39)12-9-22(26)5)36(28)20-42(34(44)47-21(3)4)30-18-24(38)10-13-29(30)36/h9-14,17-19,21,28,32,40H,7-8,15-16,20H2,1-6H3,(H,41,43)/t28-,32-,36-/m0/s1. The van der Waals surface area contributed by atoms with Gasteiger partial charge in [0.25, 0.3) is 5.91 Å². The molecule has 0 aromatic heterocycles. The first kappa shape index (κ1) is 36.9. The lowest BCUT2D eigenvalue weighted by Crippen LogP contribution is -2.55. The monoisotopic (exact) mass is 733 g/mol. The lowest BCUT2D eigenvalue weighted by atomic mass is 9.59. The van der Waals surface area contributed by atoms with Gasteiger partial charge in [0.05, 0.1) is 18.0 Å². The van der Waals surface area contributed by atoms with Crippen LogP contribution in [0.4, 0.5) is 14.9 Å². The van der Waals surface area contributed by atoms with Gasteiger partial charge in [0.2, 0.25) is 10.0 Å². The van der Waals surface area contributed by atoms with Gasteiger partial charge in [-0.3, -0.25) is 9.69 Å². The molecule has 2 N–H and O–H groups in total. The molecule has 13 heteroatoms. The van der Waals surface area contributed by atoms with Crippen molar-refractivity contribution in [2.24, 2.45) is 0 Å². The summed E-state index contributed by atoms with van der Waals surface area (Å²) >= 11 is 13.2. The third kappa shape index (κ3) is 7.13. The minimum absolute atomic E-state index is 0.139. The van der Waals surface area contributed by atoms with E-state index in [1.54, 1.807) is 69.0 Å². The van der Waals surface area contributed by atoms with Gasteiger partial charge in [0.15, 0.2) is 5.60 Å². The van der Waals surface area contributed by atoms with Gasteiger partial charge in [0, 0.05) is 34.0 Å². The van der Waals surface area contributed by atoms with Crippen molar-refractivity contribution in [1.82, 2.24) is 10.0 Å². The second kappa shape index (κ2) is 14.1. The van der Waals surface area contributed by atoms with Crippen LogP contribution in [0.1, 0.15) is 81.2 Å². The van der Waals surface area contributed by atoms with Crippen LogP contribution in [0.3, 0.4) is 0 Å². The number of aryl methyl sites for hydroxylation is 1. The maximum absolute atomic E-state index is 15.0. The van der Waals surface area contributed by atoms with Crippen LogP contribution in [0.5, 0.6) is 5.75 Å². The molecule has 0 radical (unpaired) electrons. The molecule has 2 heterocycles. The van der Waals surface area contributed by atoms with Crippen LogP contribution in [0, 0.1) is 12.7 Å². The van der Waals surface area contributed by atoms with Crippen molar-refractivity contribution < 1.29 is 31.9 Å². The van der Waals surface area contributed by atoms with Crippen molar-refractivity contribution in [1.29, 1.82) is 0 Å². The van der Waals surface area contributed by atoms with E-state index in [0.717, 1.165) is 22.9 Å². The highest BCUT2D eigenvalue weighted by molar-refractivity contribution is 7.89. The average molecular weight is 735 g/mol. The lowest BCUT2D eigenvalue weighted by molar-refractivity contribution is -0.135. The van der Waals surface area contributed by atoms with Gasteiger partial charge in [-0.2, -0.15) is 0 Å². The Morgan fingerprint density at radius 3 is 2.39 bits per heavy atom. The smallest absolute Gasteiger partial charge is 0.414 e. The van der Waals surface area contributed by atoms with E-state index in [4.69, 9.17) is 32.7 Å². The predicted octanol–water partition coefficient (Wildman–Crippen LogP) is 7.58. The van der Waals surface area contributed by atoms with Crippen molar-refractivity contribution in [2.45, 2.75) is 83.0 Å². The third-order valence-corrected chi connectivity index (χ3v) is 10.7. The molecule has 5 rings (SSSR count). The van der Waals surface area contributed by atoms with E-state index in [9.17, 15) is 18.0 Å². The second-order valence-electron chi connectivity index (χ2n) is 13.1. The molecule has 1 spiro atoms. The molecule has 1 saturated heterocycles. The van der Waals surface area contributed by atoms with Crippen molar-refractivity contribution in [3.63, 3.8) is 0 Å². The Morgan fingerprint density at radius 2 is 1.73 bits per heavy atom. The highest BCUT2D eigenvalue weighted by Crippen LogP contribution is 2.60. The van der Waals surface area contributed by atoms with E-state index in [2.05, 4.69) is 10.0 Å². The summed E-state index contributed by atoms with van der Waals surface area (Å²) in [5.74, 6) is -1.25. The number of hydrogen-bond donors (Lipinski definition) is 2. The maximum atomic E-state index is 15.0. The fraction of sp³-hybridized carbons (Fsp3) is 0.444.